The summed E-state index contributed by atoms with van der Waals surface area (Å²) in [5.74, 6) is 6.49. The fourth-order valence-corrected chi connectivity index (χ4v) is 3.50. The molecule has 2 N–H and O–H groups in total. The molecule has 0 heterocycles. The van der Waals surface area contributed by atoms with Gasteiger partial charge in [0.2, 0.25) is 0 Å². The van der Waals surface area contributed by atoms with Crippen molar-refractivity contribution in [3.05, 3.63) is 77.4 Å². The minimum absolute atomic E-state index is 0.205. The first-order chi connectivity index (χ1) is 14.1. The first-order valence-electron chi connectivity index (χ1n) is 10.4. The molecule has 3 aromatic rings. The van der Waals surface area contributed by atoms with Gasteiger partial charge < -0.3 is 10.4 Å². The number of aromatic hydroxyl groups is 1. The van der Waals surface area contributed by atoms with Gasteiger partial charge in [0, 0.05) is 12.6 Å². The van der Waals surface area contributed by atoms with Crippen LogP contribution in [0.4, 0.5) is 0 Å². The average Bonchev–Trinajstić information content (AvgIpc) is 2.76. The second-order valence-electron chi connectivity index (χ2n) is 7.29. The Morgan fingerprint density at radius 2 is 1.76 bits per heavy atom. The lowest BCUT2D eigenvalue weighted by molar-refractivity contribution is 0.342. The van der Waals surface area contributed by atoms with E-state index in [1.54, 1.807) is 0 Å². The molecule has 0 spiro atoms. The number of rotatable bonds is 7. The Morgan fingerprint density at radius 3 is 2.52 bits per heavy atom. The van der Waals surface area contributed by atoms with Crippen LogP contribution in [0.2, 0.25) is 0 Å². The second kappa shape index (κ2) is 10.1. The van der Waals surface area contributed by atoms with Gasteiger partial charge in [0.15, 0.2) is 0 Å². The van der Waals surface area contributed by atoms with Crippen LogP contribution in [0.15, 0.2) is 60.7 Å². The normalized spacial score (nSPS) is 12.0. The Labute approximate surface area is 174 Å². The van der Waals surface area contributed by atoms with Gasteiger partial charge in [-0.25, -0.2) is 0 Å². The highest BCUT2D eigenvalue weighted by Crippen LogP contribution is 2.25. The monoisotopic (exact) mass is 386 g/mol. The highest BCUT2D eigenvalue weighted by atomic mass is 16.3. The maximum atomic E-state index is 10.4. The summed E-state index contributed by atoms with van der Waals surface area (Å²) in [5, 5.41) is 16.5. The zero-order valence-corrected chi connectivity index (χ0v) is 17.6. The molecular formula is C26H30N2O. The summed E-state index contributed by atoms with van der Waals surface area (Å²) in [5.41, 5.74) is 3.01. The van der Waals surface area contributed by atoms with Crippen LogP contribution in [0.25, 0.3) is 10.8 Å². The molecule has 0 aliphatic heterocycles. The summed E-state index contributed by atoms with van der Waals surface area (Å²) in [4.78, 5) is 2.25. The van der Waals surface area contributed by atoms with Crippen molar-refractivity contribution in [1.29, 1.82) is 0 Å². The predicted octanol–water partition coefficient (Wildman–Crippen LogP) is 5.09. The summed E-state index contributed by atoms with van der Waals surface area (Å²) in [7, 11) is 0. The van der Waals surface area contributed by atoms with Crippen LogP contribution < -0.4 is 5.32 Å². The summed E-state index contributed by atoms with van der Waals surface area (Å²) in [6.45, 7) is 9.80. The molecule has 0 bridgehead atoms. The number of hydrogen-bond acceptors (Lipinski definition) is 3. The van der Waals surface area contributed by atoms with Crippen LogP contribution in [-0.4, -0.2) is 29.6 Å². The quantitative estimate of drug-likeness (QED) is 0.555. The molecule has 0 radical (unpaired) electrons. The topological polar surface area (TPSA) is 35.5 Å². The molecule has 0 aliphatic carbocycles. The van der Waals surface area contributed by atoms with Crippen molar-refractivity contribution in [2.75, 3.05) is 19.6 Å². The minimum atomic E-state index is 0.205. The first kappa shape index (κ1) is 20.9. The van der Waals surface area contributed by atoms with Crippen molar-refractivity contribution < 1.29 is 5.11 Å². The van der Waals surface area contributed by atoms with E-state index in [2.05, 4.69) is 85.3 Å². The van der Waals surface area contributed by atoms with E-state index in [-0.39, 0.29) is 11.8 Å². The van der Waals surface area contributed by atoms with Crippen LogP contribution >= 0.6 is 0 Å². The van der Waals surface area contributed by atoms with Gasteiger partial charge in [-0.1, -0.05) is 74.2 Å². The lowest BCUT2D eigenvalue weighted by Crippen LogP contribution is -2.22. The van der Waals surface area contributed by atoms with Crippen LogP contribution in [-0.2, 0) is 6.54 Å². The average molecular weight is 387 g/mol. The Kier molecular flexibility index (Phi) is 7.30. The van der Waals surface area contributed by atoms with Crippen molar-refractivity contribution >= 4 is 10.8 Å². The van der Waals surface area contributed by atoms with Gasteiger partial charge in [-0.3, -0.25) is 4.90 Å². The number of benzene rings is 3. The van der Waals surface area contributed by atoms with Gasteiger partial charge in [0.1, 0.15) is 5.75 Å². The number of fused-ring (bicyclic) bond motifs is 1. The third-order valence-corrected chi connectivity index (χ3v) is 5.38. The molecule has 1 unspecified atom stereocenters. The van der Waals surface area contributed by atoms with E-state index < -0.39 is 0 Å². The Balaban J connectivity index is 1.65. The maximum absolute atomic E-state index is 10.4. The van der Waals surface area contributed by atoms with Gasteiger partial charge in [0.25, 0.3) is 0 Å². The molecule has 0 aliphatic rings. The minimum Gasteiger partial charge on any atom is -0.507 e. The summed E-state index contributed by atoms with van der Waals surface area (Å²) in [6.07, 6.45) is 0. The van der Waals surface area contributed by atoms with E-state index >= 15 is 0 Å². The van der Waals surface area contributed by atoms with Gasteiger partial charge in [-0.05, 0) is 54.0 Å². The van der Waals surface area contributed by atoms with Crippen LogP contribution in [0, 0.1) is 11.8 Å². The Hall–Kier alpha value is -2.80. The zero-order chi connectivity index (χ0) is 20.6. The van der Waals surface area contributed by atoms with Crippen molar-refractivity contribution in [2.45, 2.75) is 33.4 Å². The molecule has 0 fully saturated rings. The molecule has 0 saturated carbocycles. The number of phenols is 1. The van der Waals surface area contributed by atoms with Crippen LogP contribution in [0.3, 0.4) is 0 Å². The van der Waals surface area contributed by atoms with E-state index in [0.29, 0.717) is 12.1 Å². The fourth-order valence-electron chi connectivity index (χ4n) is 3.50. The lowest BCUT2D eigenvalue weighted by Gasteiger charge is -2.17. The highest BCUT2D eigenvalue weighted by Gasteiger charge is 2.09. The molecule has 3 nitrogen and oxygen atoms in total. The summed E-state index contributed by atoms with van der Waals surface area (Å²) >= 11 is 0. The van der Waals surface area contributed by atoms with Crippen molar-refractivity contribution in [3.63, 3.8) is 0 Å². The van der Waals surface area contributed by atoms with Crippen molar-refractivity contribution in [3.8, 4) is 17.6 Å². The lowest BCUT2D eigenvalue weighted by atomic mass is 9.99. The molecule has 29 heavy (non-hydrogen) atoms. The molecule has 3 rings (SSSR count). The first-order valence-corrected chi connectivity index (χ1v) is 10.4. The third kappa shape index (κ3) is 5.38. The molecular weight excluding hydrogens is 356 g/mol. The zero-order valence-electron chi connectivity index (χ0n) is 17.6. The molecule has 0 aromatic heterocycles. The van der Waals surface area contributed by atoms with Crippen LogP contribution in [0.1, 0.15) is 43.5 Å². The molecule has 150 valence electrons. The van der Waals surface area contributed by atoms with E-state index in [1.165, 1.54) is 16.3 Å². The summed E-state index contributed by atoms with van der Waals surface area (Å²) in [6, 6.07) is 20.8. The molecule has 3 heteroatoms. The smallest absolute Gasteiger partial charge is 0.131 e. The van der Waals surface area contributed by atoms with E-state index in [4.69, 9.17) is 0 Å². The van der Waals surface area contributed by atoms with Gasteiger partial charge >= 0.3 is 0 Å². The number of hydrogen-bond donors (Lipinski definition) is 2. The molecule has 0 amide bonds. The summed E-state index contributed by atoms with van der Waals surface area (Å²) < 4.78 is 0. The molecule has 1 atom stereocenters. The number of phenolic OH excluding ortho intramolecular Hbond substituents is 1. The maximum Gasteiger partial charge on any atom is 0.131 e. The van der Waals surface area contributed by atoms with Crippen LogP contribution in [0.5, 0.6) is 5.75 Å². The molecule has 3 aromatic carbocycles. The Morgan fingerprint density at radius 1 is 1.00 bits per heavy atom. The van der Waals surface area contributed by atoms with Gasteiger partial charge in [0.05, 0.1) is 12.1 Å². The highest BCUT2D eigenvalue weighted by molar-refractivity contribution is 5.86. The molecule has 0 saturated heterocycles. The Bertz CT molecular complexity index is 1010. The predicted molar refractivity (Wildman–Crippen MR) is 122 cm³/mol. The van der Waals surface area contributed by atoms with E-state index in [0.717, 1.165) is 25.2 Å². The van der Waals surface area contributed by atoms with E-state index in [9.17, 15) is 5.11 Å². The fraction of sp³-hybridized carbons (Fsp3) is 0.308. The second-order valence-corrected chi connectivity index (χ2v) is 7.29. The standard InChI is InChI=1S/C26H30N2O/c1-4-28(5-2)17-9-12-23-16-15-21(18-26(23)29)19-27-20(3)24-14-8-11-22-10-6-7-13-25(22)24/h6-8,10-11,13-16,18,20,27,29H,4-5,17,19H2,1-3H3. The SMILES string of the molecule is CCN(CC)CC#Cc1ccc(CNC(C)c2cccc3ccccc23)cc1O. The van der Waals surface area contributed by atoms with Gasteiger partial charge in [-0.15, -0.1) is 0 Å². The van der Waals surface area contributed by atoms with Gasteiger partial charge in [-0.2, -0.15) is 0 Å². The number of nitrogens with one attached hydrogen (secondary N) is 1. The van der Waals surface area contributed by atoms with Crippen molar-refractivity contribution in [1.82, 2.24) is 10.2 Å². The van der Waals surface area contributed by atoms with E-state index in [1.807, 2.05) is 18.2 Å². The van der Waals surface area contributed by atoms with Crippen molar-refractivity contribution in [2.24, 2.45) is 0 Å². The third-order valence-electron chi connectivity index (χ3n) is 5.38. The number of nitrogens with zero attached hydrogens (tertiary/aromatic N) is 1. The largest absolute Gasteiger partial charge is 0.507 e.